The summed E-state index contributed by atoms with van der Waals surface area (Å²) in [6.07, 6.45) is 4.90. The second-order valence-electron chi connectivity index (χ2n) is 5.92. The number of pyridine rings is 1. The normalized spacial score (nSPS) is 19.3. The van der Waals surface area contributed by atoms with Crippen LogP contribution in [0.5, 0.6) is 0 Å². The number of aromatic nitrogens is 2. The Morgan fingerprint density at radius 2 is 2.12 bits per heavy atom. The van der Waals surface area contributed by atoms with Crippen molar-refractivity contribution in [1.29, 1.82) is 0 Å². The van der Waals surface area contributed by atoms with Gasteiger partial charge in [0.05, 0.1) is 22.2 Å². The highest BCUT2D eigenvalue weighted by Gasteiger charge is 2.32. The van der Waals surface area contributed by atoms with Gasteiger partial charge in [0.15, 0.2) is 9.84 Å². The molecular formula is C16H19N3O3S2. The molecule has 1 amide bonds. The van der Waals surface area contributed by atoms with Crippen LogP contribution in [0.4, 0.5) is 0 Å². The van der Waals surface area contributed by atoms with E-state index in [1.165, 1.54) is 11.3 Å². The van der Waals surface area contributed by atoms with E-state index in [0.717, 1.165) is 16.3 Å². The van der Waals surface area contributed by atoms with E-state index < -0.39 is 9.84 Å². The summed E-state index contributed by atoms with van der Waals surface area (Å²) >= 11 is 1.53. The van der Waals surface area contributed by atoms with E-state index in [4.69, 9.17) is 0 Å². The minimum absolute atomic E-state index is 0.0299. The summed E-state index contributed by atoms with van der Waals surface area (Å²) in [7, 11) is -1.29. The lowest BCUT2D eigenvalue weighted by Crippen LogP contribution is -2.37. The number of nitrogens with zero attached hydrogens (tertiary/aromatic N) is 3. The summed E-state index contributed by atoms with van der Waals surface area (Å²) in [6, 6.07) is 3.61. The molecular weight excluding hydrogens is 346 g/mol. The summed E-state index contributed by atoms with van der Waals surface area (Å²) in [5.41, 5.74) is 1.90. The van der Waals surface area contributed by atoms with E-state index in [9.17, 15) is 13.2 Å². The zero-order chi connectivity index (χ0) is 17.2. The van der Waals surface area contributed by atoms with Crippen molar-refractivity contribution >= 4 is 27.1 Å². The Balaban J connectivity index is 1.56. The van der Waals surface area contributed by atoms with E-state index in [2.05, 4.69) is 9.97 Å². The molecule has 128 valence electrons. The molecule has 6 nitrogen and oxygen atoms in total. The number of carbonyl (C=O) groups excluding carboxylic acids is 1. The van der Waals surface area contributed by atoms with Crippen LogP contribution in [0.3, 0.4) is 0 Å². The van der Waals surface area contributed by atoms with Gasteiger partial charge in [0.25, 0.3) is 0 Å². The summed E-state index contributed by atoms with van der Waals surface area (Å²) in [6.45, 7) is 0. The molecule has 2 aromatic heterocycles. The van der Waals surface area contributed by atoms with Crippen molar-refractivity contribution in [3.63, 3.8) is 0 Å². The molecule has 0 N–H and O–H groups in total. The molecule has 24 heavy (non-hydrogen) atoms. The minimum atomic E-state index is -2.98. The molecule has 0 spiro atoms. The van der Waals surface area contributed by atoms with E-state index >= 15 is 0 Å². The molecule has 1 atom stereocenters. The molecule has 0 bridgehead atoms. The van der Waals surface area contributed by atoms with Gasteiger partial charge in [0.1, 0.15) is 0 Å². The predicted molar refractivity (Wildman–Crippen MR) is 93.5 cm³/mol. The average Bonchev–Trinajstić information content (AvgIpc) is 3.19. The van der Waals surface area contributed by atoms with Crippen molar-refractivity contribution in [3.8, 4) is 11.3 Å². The van der Waals surface area contributed by atoms with Gasteiger partial charge in [-0.1, -0.05) is 0 Å². The van der Waals surface area contributed by atoms with Crippen molar-refractivity contribution in [2.45, 2.75) is 25.3 Å². The largest absolute Gasteiger partial charge is 0.342 e. The van der Waals surface area contributed by atoms with Gasteiger partial charge < -0.3 is 4.90 Å². The summed E-state index contributed by atoms with van der Waals surface area (Å²) < 4.78 is 23.1. The number of thiazole rings is 1. The first-order valence-corrected chi connectivity index (χ1v) is 10.5. The van der Waals surface area contributed by atoms with Crippen LogP contribution in [0.2, 0.25) is 0 Å². The summed E-state index contributed by atoms with van der Waals surface area (Å²) in [4.78, 5) is 22.4. The van der Waals surface area contributed by atoms with Gasteiger partial charge in [-0.15, -0.1) is 11.3 Å². The smallest absolute Gasteiger partial charge is 0.223 e. The fourth-order valence-corrected chi connectivity index (χ4v) is 5.34. The van der Waals surface area contributed by atoms with Crippen molar-refractivity contribution in [2.24, 2.45) is 0 Å². The standard InChI is InChI=1S/C16H19N3O3S2/c1-19(13-6-9-24(21,22)11-13)16(20)3-2-15-18-14(10-23-15)12-4-7-17-8-5-12/h4-5,7-8,10,13H,2-3,6,9,11H2,1H3. The van der Waals surface area contributed by atoms with Crippen LogP contribution in [-0.4, -0.2) is 53.8 Å². The van der Waals surface area contributed by atoms with Crippen molar-refractivity contribution < 1.29 is 13.2 Å². The van der Waals surface area contributed by atoms with E-state index in [1.807, 2.05) is 17.5 Å². The number of hydrogen-bond donors (Lipinski definition) is 0. The molecule has 3 rings (SSSR count). The van der Waals surface area contributed by atoms with Gasteiger partial charge in [-0.05, 0) is 18.6 Å². The summed E-state index contributed by atoms with van der Waals surface area (Å²) in [5, 5.41) is 2.88. The number of aryl methyl sites for hydroxylation is 1. The highest BCUT2D eigenvalue weighted by Crippen LogP contribution is 2.22. The Kier molecular flexibility index (Phi) is 4.96. The number of rotatable bonds is 5. The highest BCUT2D eigenvalue weighted by atomic mass is 32.2. The number of amides is 1. The van der Waals surface area contributed by atoms with Crippen molar-refractivity contribution in [2.75, 3.05) is 18.6 Å². The van der Waals surface area contributed by atoms with E-state index in [0.29, 0.717) is 19.3 Å². The molecule has 1 saturated heterocycles. The van der Waals surface area contributed by atoms with Gasteiger partial charge in [0.2, 0.25) is 5.91 Å². The lowest BCUT2D eigenvalue weighted by atomic mass is 10.2. The zero-order valence-corrected chi connectivity index (χ0v) is 15.0. The highest BCUT2D eigenvalue weighted by molar-refractivity contribution is 7.91. The Labute approximate surface area is 145 Å². The van der Waals surface area contributed by atoms with Crippen LogP contribution in [0.1, 0.15) is 17.8 Å². The second-order valence-corrected chi connectivity index (χ2v) is 9.10. The Hall–Kier alpha value is -1.80. The fraction of sp³-hybridized carbons (Fsp3) is 0.438. The molecule has 3 heterocycles. The maximum Gasteiger partial charge on any atom is 0.223 e. The molecule has 2 aromatic rings. The predicted octanol–water partition coefficient (Wildman–Crippen LogP) is 1.78. The van der Waals surface area contributed by atoms with Crippen LogP contribution in [-0.2, 0) is 21.1 Å². The van der Waals surface area contributed by atoms with Crippen molar-refractivity contribution in [1.82, 2.24) is 14.9 Å². The fourth-order valence-electron chi connectivity index (χ4n) is 2.76. The van der Waals surface area contributed by atoms with Crippen LogP contribution in [0.25, 0.3) is 11.3 Å². The second kappa shape index (κ2) is 6.98. The first-order chi connectivity index (χ1) is 11.4. The van der Waals surface area contributed by atoms with Crippen LogP contribution < -0.4 is 0 Å². The first kappa shape index (κ1) is 17.0. The molecule has 1 unspecified atom stereocenters. The molecule has 0 aliphatic carbocycles. The lowest BCUT2D eigenvalue weighted by molar-refractivity contribution is -0.131. The van der Waals surface area contributed by atoms with Gasteiger partial charge >= 0.3 is 0 Å². The first-order valence-electron chi connectivity index (χ1n) is 7.75. The van der Waals surface area contributed by atoms with Gasteiger partial charge in [-0.2, -0.15) is 0 Å². The molecule has 0 radical (unpaired) electrons. The maximum absolute atomic E-state index is 12.3. The number of sulfone groups is 1. The Morgan fingerprint density at radius 3 is 2.79 bits per heavy atom. The third kappa shape index (κ3) is 3.99. The Morgan fingerprint density at radius 1 is 1.38 bits per heavy atom. The molecule has 1 aliphatic rings. The number of carbonyl (C=O) groups is 1. The molecule has 0 aromatic carbocycles. The zero-order valence-electron chi connectivity index (χ0n) is 13.4. The van der Waals surface area contributed by atoms with E-state index in [1.54, 1.807) is 24.3 Å². The Bertz CT molecular complexity index is 818. The van der Waals surface area contributed by atoms with Gasteiger partial charge in [-0.3, -0.25) is 9.78 Å². The van der Waals surface area contributed by atoms with Crippen LogP contribution in [0.15, 0.2) is 29.9 Å². The molecule has 1 aliphatic heterocycles. The monoisotopic (exact) mass is 365 g/mol. The summed E-state index contributed by atoms with van der Waals surface area (Å²) in [5.74, 6) is 0.230. The lowest BCUT2D eigenvalue weighted by Gasteiger charge is -2.23. The van der Waals surface area contributed by atoms with E-state index in [-0.39, 0.29) is 23.5 Å². The van der Waals surface area contributed by atoms with Gasteiger partial charge in [-0.25, -0.2) is 13.4 Å². The third-order valence-electron chi connectivity index (χ3n) is 4.23. The molecule has 0 saturated carbocycles. The average molecular weight is 365 g/mol. The third-order valence-corrected chi connectivity index (χ3v) is 6.89. The van der Waals surface area contributed by atoms with Gasteiger partial charge in [0, 0.05) is 49.3 Å². The quantitative estimate of drug-likeness (QED) is 0.807. The topological polar surface area (TPSA) is 80.2 Å². The maximum atomic E-state index is 12.3. The minimum Gasteiger partial charge on any atom is -0.342 e. The van der Waals surface area contributed by atoms with Crippen LogP contribution >= 0.6 is 11.3 Å². The van der Waals surface area contributed by atoms with Crippen LogP contribution in [0, 0.1) is 0 Å². The number of hydrogen-bond acceptors (Lipinski definition) is 6. The van der Waals surface area contributed by atoms with Crippen molar-refractivity contribution in [3.05, 3.63) is 34.9 Å². The molecule has 8 heteroatoms. The SMILES string of the molecule is CN(C(=O)CCc1nc(-c2ccncc2)cs1)C1CCS(=O)(=O)C1. The molecule has 1 fully saturated rings.